The molecular formula is C19H22N2O4. The van der Waals surface area contributed by atoms with Crippen LogP contribution in [0.15, 0.2) is 24.3 Å². The smallest absolute Gasteiger partial charge is 0.338 e. The van der Waals surface area contributed by atoms with Gasteiger partial charge in [0.2, 0.25) is 5.78 Å². The molecule has 1 aromatic heterocycles. The second-order valence-electron chi connectivity index (χ2n) is 6.13. The number of anilines is 1. The van der Waals surface area contributed by atoms with Gasteiger partial charge in [0.1, 0.15) is 0 Å². The normalized spacial score (nSPS) is 10.4. The highest BCUT2D eigenvalue weighted by molar-refractivity contribution is 6.04. The number of nitrogens with one attached hydrogen (secondary N) is 1. The summed E-state index contributed by atoms with van der Waals surface area (Å²) in [5.74, 6) is -1.04. The molecule has 2 rings (SSSR count). The Morgan fingerprint density at radius 3 is 2.40 bits per heavy atom. The van der Waals surface area contributed by atoms with Crippen molar-refractivity contribution in [1.82, 2.24) is 4.98 Å². The summed E-state index contributed by atoms with van der Waals surface area (Å²) in [6.07, 6.45) is 0. The van der Waals surface area contributed by atoms with E-state index in [1.54, 1.807) is 32.0 Å². The van der Waals surface area contributed by atoms with Gasteiger partial charge in [0.25, 0.3) is 0 Å². The highest BCUT2D eigenvalue weighted by Gasteiger charge is 2.21. The van der Waals surface area contributed by atoms with Crippen LogP contribution in [-0.4, -0.2) is 43.2 Å². The molecule has 25 heavy (non-hydrogen) atoms. The molecule has 0 aliphatic carbocycles. The van der Waals surface area contributed by atoms with Crippen molar-refractivity contribution >= 4 is 23.2 Å². The number of benzene rings is 1. The number of Topliss-reactive ketones (excluding diaryl/α,β-unsaturated/α-hetero) is 2. The molecule has 0 spiro atoms. The van der Waals surface area contributed by atoms with Crippen molar-refractivity contribution in [3.63, 3.8) is 0 Å². The predicted octanol–water partition coefficient (Wildman–Crippen LogP) is 2.94. The topological polar surface area (TPSA) is 79.5 Å². The Labute approximate surface area is 146 Å². The summed E-state index contributed by atoms with van der Waals surface area (Å²) in [4.78, 5) is 40.9. The minimum Gasteiger partial charge on any atom is -0.454 e. The number of carbonyl (C=O) groups excluding carboxylic acids is 3. The number of ketones is 2. The molecule has 0 radical (unpaired) electrons. The SMILES string of the molecule is CC(=O)c1c(C)[nH]c(C(=O)COC(=O)c2cccc(N(C)C)c2)c1C. The van der Waals surface area contributed by atoms with E-state index in [1.807, 2.05) is 25.1 Å². The van der Waals surface area contributed by atoms with E-state index in [0.29, 0.717) is 28.1 Å². The van der Waals surface area contributed by atoms with Gasteiger partial charge < -0.3 is 14.6 Å². The molecule has 0 unspecified atom stereocenters. The van der Waals surface area contributed by atoms with Crippen molar-refractivity contribution in [2.45, 2.75) is 20.8 Å². The maximum atomic E-state index is 12.3. The van der Waals surface area contributed by atoms with Gasteiger partial charge in [-0.3, -0.25) is 9.59 Å². The van der Waals surface area contributed by atoms with Crippen LogP contribution in [0.25, 0.3) is 0 Å². The van der Waals surface area contributed by atoms with Crippen LogP contribution in [0.2, 0.25) is 0 Å². The fraction of sp³-hybridized carbons (Fsp3) is 0.316. The van der Waals surface area contributed by atoms with E-state index < -0.39 is 5.97 Å². The maximum Gasteiger partial charge on any atom is 0.338 e. The summed E-state index contributed by atoms with van der Waals surface area (Å²) >= 11 is 0. The number of aromatic amines is 1. The van der Waals surface area contributed by atoms with Crippen molar-refractivity contribution in [1.29, 1.82) is 0 Å². The molecule has 0 aliphatic rings. The lowest BCUT2D eigenvalue weighted by Crippen LogP contribution is -2.16. The third-order valence-corrected chi connectivity index (χ3v) is 4.00. The van der Waals surface area contributed by atoms with Crippen molar-refractivity contribution in [2.75, 3.05) is 25.6 Å². The summed E-state index contributed by atoms with van der Waals surface area (Å²) in [5, 5.41) is 0. The summed E-state index contributed by atoms with van der Waals surface area (Å²) in [6.45, 7) is 4.51. The Kier molecular flexibility index (Phi) is 5.41. The first-order valence-corrected chi connectivity index (χ1v) is 7.90. The number of aromatic nitrogens is 1. The second-order valence-corrected chi connectivity index (χ2v) is 6.13. The third-order valence-electron chi connectivity index (χ3n) is 4.00. The van der Waals surface area contributed by atoms with E-state index in [0.717, 1.165) is 5.69 Å². The molecule has 0 amide bonds. The lowest BCUT2D eigenvalue weighted by molar-refractivity contribution is 0.0473. The fourth-order valence-corrected chi connectivity index (χ4v) is 2.75. The van der Waals surface area contributed by atoms with Gasteiger partial charge in [-0.2, -0.15) is 0 Å². The Morgan fingerprint density at radius 1 is 1.16 bits per heavy atom. The van der Waals surface area contributed by atoms with Crippen LogP contribution in [0.5, 0.6) is 0 Å². The molecule has 2 aromatic rings. The quantitative estimate of drug-likeness (QED) is 0.645. The highest BCUT2D eigenvalue weighted by Crippen LogP contribution is 2.19. The van der Waals surface area contributed by atoms with Gasteiger partial charge in [-0.25, -0.2) is 4.79 Å². The molecule has 0 saturated heterocycles. The van der Waals surface area contributed by atoms with Crippen LogP contribution in [0.1, 0.15) is 49.4 Å². The average molecular weight is 342 g/mol. The Balaban J connectivity index is 2.10. The van der Waals surface area contributed by atoms with Crippen LogP contribution in [-0.2, 0) is 4.74 Å². The van der Waals surface area contributed by atoms with Gasteiger partial charge in [-0.15, -0.1) is 0 Å². The number of aryl methyl sites for hydroxylation is 1. The molecule has 0 aliphatic heterocycles. The number of esters is 1. The van der Waals surface area contributed by atoms with E-state index in [4.69, 9.17) is 4.74 Å². The van der Waals surface area contributed by atoms with Gasteiger partial charge in [0.05, 0.1) is 11.3 Å². The van der Waals surface area contributed by atoms with Crippen molar-refractivity contribution in [3.8, 4) is 0 Å². The molecule has 0 bridgehead atoms. The summed E-state index contributed by atoms with van der Waals surface area (Å²) < 4.78 is 5.13. The second kappa shape index (κ2) is 7.34. The van der Waals surface area contributed by atoms with Gasteiger partial charge in [-0.1, -0.05) is 6.07 Å². The molecule has 1 heterocycles. The Hall–Kier alpha value is -2.89. The summed E-state index contributed by atoms with van der Waals surface area (Å²) in [5.41, 5.74) is 3.27. The molecule has 0 saturated carbocycles. The number of hydrogen-bond donors (Lipinski definition) is 1. The van der Waals surface area contributed by atoms with Crippen LogP contribution < -0.4 is 4.90 Å². The number of nitrogens with zero attached hydrogens (tertiary/aromatic N) is 1. The molecular weight excluding hydrogens is 320 g/mol. The fourth-order valence-electron chi connectivity index (χ4n) is 2.75. The van der Waals surface area contributed by atoms with Crippen LogP contribution in [0.4, 0.5) is 5.69 Å². The average Bonchev–Trinajstić information content (AvgIpc) is 2.87. The van der Waals surface area contributed by atoms with E-state index in [2.05, 4.69) is 4.98 Å². The lowest BCUT2D eigenvalue weighted by atomic mass is 10.1. The maximum absolute atomic E-state index is 12.3. The predicted molar refractivity (Wildman–Crippen MR) is 95.7 cm³/mol. The van der Waals surface area contributed by atoms with Crippen molar-refractivity contribution in [2.24, 2.45) is 0 Å². The minimum absolute atomic E-state index is 0.109. The van der Waals surface area contributed by atoms with E-state index in [9.17, 15) is 14.4 Å². The lowest BCUT2D eigenvalue weighted by Gasteiger charge is -2.13. The van der Waals surface area contributed by atoms with Gasteiger partial charge >= 0.3 is 5.97 Å². The van der Waals surface area contributed by atoms with Gasteiger partial charge in [0, 0.05) is 31.0 Å². The minimum atomic E-state index is -0.565. The largest absolute Gasteiger partial charge is 0.454 e. The number of rotatable bonds is 6. The summed E-state index contributed by atoms with van der Waals surface area (Å²) in [7, 11) is 3.74. The highest BCUT2D eigenvalue weighted by atomic mass is 16.5. The van der Waals surface area contributed by atoms with Crippen LogP contribution >= 0.6 is 0 Å². The molecule has 0 fully saturated rings. The first-order valence-electron chi connectivity index (χ1n) is 7.90. The molecule has 0 atom stereocenters. The monoisotopic (exact) mass is 342 g/mol. The molecule has 1 aromatic carbocycles. The Morgan fingerprint density at radius 2 is 1.84 bits per heavy atom. The third kappa shape index (κ3) is 3.96. The van der Waals surface area contributed by atoms with E-state index >= 15 is 0 Å². The van der Waals surface area contributed by atoms with Gasteiger partial charge in [0.15, 0.2) is 12.4 Å². The summed E-state index contributed by atoms with van der Waals surface area (Å²) in [6, 6.07) is 6.96. The van der Waals surface area contributed by atoms with Crippen LogP contribution in [0.3, 0.4) is 0 Å². The Bertz CT molecular complexity index is 834. The first-order chi connectivity index (χ1) is 11.7. The number of ether oxygens (including phenoxy) is 1. The molecule has 6 heteroatoms. The number of hydrogen-bond acceptors (Lipinski definition) is 5. The van der Waals surface area contributed by atoms with Crippen molar-refractivity contribution in [3.05, 3.63) is 52.3 Å². The zero-order chi connectivity index (χ0) is 18.7. The zero-order valence-corrected chi connectivity index (χ0v) is 15.1. The molecule has 1 N–H and O–H groups in total. The van der Waals surface area contributed by atoms with E-state index in [-0.39, 0.29) is 18.2 Å². The zero-order valence-electron chi connectivity index (χ0n) is 15.1. The van der Waals surface area contributed by atoms with E-state index in [1.165, 1.54) is 6.92 Å². The van der Waals surface area contributed by atoms with Gasteiger partial charge in [-0.05, 0) is 44.5 Å². The number of H-pyrrole nitrogens is 1. The standard InChI is InChI=1S/C19H22N2O4/c1-11-17(13(3)22)12(2)20-18(11)16(23)10-25-19(24)14-7-6-8-15(9-14)21(4)5/h6-9,20H,10H2,1-5H3. The molecule has 6 nitrogen and oxygen atoms in total. The first kappa shape index (κ1) is 18.4. The van der Waals surface area contributed by atoms with Crippen molar-refractivity contribution < 1.29 is 19.1 Å². The number of carbonyl (C=O) groups is 3. The molecule has 132 valence electrons. The van der Waals surface area contributed by atoms with Crippen LogP contribution in [0, 0.1) is 13.8 Å².